The van der Waals surface area contributed by atoms with Gasteiger partial charge in [0.25, 0.3) is 0 Å². The second-order valence-electron chi connectivity index (χ2n) is 21.8. The predicted molar refractivity (Wildman–Crippen MR) is 332 cm³/mol. The highest BCUT2D eigenvalue weighted by Crippen LogP contribution is 2.45. The Morgan fingerprint density at radius 1 is 0.343 bits per heavy atom. The van der Waals surface area contributed by atoms with Gasteiger partial charge in [-0.15, -0.1) is 68.0 Å². The Bertz CT molecular complexity index is 2390. The standard InChI is InChI=1S/C33H50S3Si.C29H42S3Si/c1-6-9-11-13-14-16-19-27(18-15-12-10-7-2)24-37(31-21-20-28(36-31)17-8-3)29-22-25(4)34-32(29)33-30(37)23-26(5)35-33;1-6-9-11-12-15-23(14-10-7-2)20-33(27-17-16-24(32-27)13-8-3)25-18-21(4)30-28(25)29-26(33)19-22(5)31-29/h20-23,27H,6-19,24H2,1-5H3;16-19,23H,6-15,20H2,1-5H3. The van der Waals surface area contributed by atoms with Gasteiger partial charge in [-0.05, 0) is 122 Å². The maximum absolute atomic E-state index is 2.63. The Hall–Kier alpha value is -1.37. The summed E-state index contributed by atoms with van der Waals surface area (Å²) in [6, 6.07) is 23.5. The van der Waals surface area contributed by atoms with Crippen LogP contribution in [0.25, 0.3) is 19.5 Å². The van der Waals surface area contributed by atoms with Gasteiger partial charge in [-0.2, -0.15) is 0 Å². The smallest absolute Gasteiger partial charge is 0.149 e. The minimum atomic E-state index is -1.99. The van der Waals surface area contributed by atoms with E-state index in [1.54, 1.807) is 59.0 Å². The number of thiophene rings is 6. The molecule has 0 radical (unpaired) electrons. The molecule has 8 rings (SSSR count). The van der Waals surface area contributed by atoms with E-state index < -0.39 is 16.1 Å². The maximum Gasteiger partial charge on any atom is 0.164 e. The van der Waals surface area contributed by atoms with Gasteiger partial charge in [0, 0.05) is 57.8 Å². The zero-order valence-corrected chi connectivity index (χ0v) is 52.5. The van der Waals surface area contributed by atoms with Gasteiger partial charge in [0.15, 0.2) is 16.1 Å². The van der Waals surface area contributed by atoms with E-state index in [4.69, 9.17) is 0 Å². The minimum absolute atomic E-state index is 0.865. The summed E-state index contributed by atoms with van der Waals surface area (Å²) in [6.45, 7) is 23.4. The molecule has 0 saturated heterocycles. The van der Waals surface area contributed by atoms with Crippen LogP contribution in [0.15, 0.2) is 48.5 Å². The molecule has 2 unspecified atom stereocenters. The fraction of sp³-hybridized carbons (Fsp3) is 0.613. The Labute approximate surface area is 454 Å². The molecule has 0 aliphatic carbocycles. The number of fused-ring (bicyclic) bond motifs is 6. The third kappa shape index (κ3) is 13.0. The van der Waals surface area contributed by atoms with E-state index in [0.717, 1.165) is 11.8 Å². The second kappa shape index (κ2) is 27.4. The van der Waals surface area contributed by atoms with E-state index in [2.05, 4.69) is 186 Å². The summed E-state index contributed by atoms with van der Waals surface area (Å²) in [5.74, 6) is 1.73. The monoisotopic (exact) mass is 1080 g/mol. The van der Waals surface area contributed by atoms with Crippen molar-refractivity contribution in [2.45, 2.75) is 235 Å². The van der Waals surface area contributed by atoms with Gasteiger partial charge < -0.3 is 0 Å². The van der Waals surface area contributed by atoms with Crippen molar-refractivity contribution in [2.24, 2.45) is 11.8 Å². The molecule has 6 aromatic rings. The summed E-state index contributed by atoms with van der Waals surface area (Å²) >= 11 is 12.6. The van der Waals surface area contributed by atoms with Crippen LogP contribution in [0.1, 0.15) is 212 Å². The van der Waals surface area contributed by atoms with Gasteiger partial charge in [0.1, 0.15) is 0 Å². The van der Waals surface area contributed by atoms with Crippen molar-refractivity contribution in [3.8, 4) is 19.5 Å². The molecule has 2 aliphatic rings. The molecule has 6 aromatic heterocycles. The summed E-state index contributed by atoms with van der Waals surface area (Å²) < 4.78 is 3.50. The third-order valence-electron chi connectivity index (χ3n) is 15.9. The number of rotatable bonds is 30. The fourth-order valence-corrected chi connectivity index (χ4v) is 35.7. The second-order valence-corrected chi connectivity index (χ2v) is 37.5. The van der Waals surface area contributed by atoms with Crippen LogP contribution in [0.4, 0.5) is 0 Å². The van der Waals surface area contributed by atoms with Gasteiger partial charge in [-0.25, -0.2) is 0 Å². The SMILES string of the molecule is CCCCCCC(CCCC)C[Si]1(c2ccc(CCC)s2)c2cc(C)sc2-c2sc(C)cc21.CCCCCCCCC(CCCCCC)C[Si]1(c2ccc(CCC)s2)c2cc(C)sc2-c2sc(C)cc21. The van der Waals surface area contributed by atoms with Crippen molar-refractivity contribution >= 4 is 114 Å². The lowest BCUT2D eigenvalue weighted by molar-refractivity contribution is 0.431. The van der Waals surface area contributed by atoms with Crippen LogP contribution in [0.5, 0.6) is 0 Å². The zero-order chi connectivity index (χ0) is 49.7. The van der Waals surface area contributed by atoms with E-state index in [1.165, 1.54) is 186 Å². The molecule has 0 nitrogen and oxygen atoms in total. The van der Waals surface area contributed by atoms with Crippen molar-refractivity contribution in [1.82, 2.24) is 0 Å². The summed E-state index contributed by atoms with van der Waals surface area (Å²) in [7, 11) is -3.95. The van der Waals surface area contributed by atoms with Gasteiger partial charge in [0.2, 0.25) is 0 Å². The molecular formula is C62H92S6Si2. The predicted octanol–water partition coefficient (Wildman–Crippen LogP) is 18.9. The molecule has 0 bridgehead atoms. The van der Waals surface area contributed by atoms with E-state index in [9.17, 15) is 0 Å². The highest BCUT2D eigenvalue weighted by molar-refractivity contribution is 7.39. The first-order chi connectivity index (χ1) is 34.1. The fourth-order valence-electron chi connectivity index (χ4n) is 12.4. The summed E-state index contributed by atoms with van der Waals surface area (Å²) in [6.07, 6.45) is 33.1. The summed E-state index contributed by atoms with van der Waals surface area (Å²) in [5, 5.41) is 7.10. The van der Waals surface area contributed by atoms with Gasteiger partial charge in [-0.3, -0.25) is 0 Å². The number of unbranched alkanes of at least 4 members (excludes halogenated alkanes) is 12. The molecule has 0 aromatic carbocycles. The largest absolute Gasteiger partial charge is 0.164 e. The molecule has 2 atom stereocenters. The quantitative estimate of drug-likeness (QED) is 0.0311. The summed E-state index contributed by atoms with van der Waals surface area (Å²) in [5.41, 5.74) is 0. The van der Waals surface area contributed by atoms with Crippen molar-refractivity contribution in [3.63, 3.8) is 0 Å². The first kappa shape index (κ1) is 56.4. The highest BCUT2D eigenvalue weighted by atomic mass is 32.1. The van der Waals surface area contributed by atoms with Crippen LogP contribution in [-0.2, 0) is 12.8 Å². The van der Waals surface area contributed by atoms with Crippen molar-refractivity contribution < 1.29 is 0 Å². The van der Waals surface area contributed by atoms with Gasteiger partial charge in [-0.1, -0.05) is 195 Å². The lowest BCUT2D eigenvalue weighted by Gasteiger charge is -2.32. The zero-order valence-electron chi connectivity index (χ0n) is 45.6. The highest BCUT2D eigenvalue weighted by Gasteiger charge is 2.52. The number of aryl methyl sites for hydroxylation is 6. The van der Waals surface area contributed by atoms with Crippen LogP contribution >= 0.6 is 68.0 Å². The van der Waals surface area contributed by atoms with Crippen molar-refractivity contribution in [2.75, 3.05) is 0 Å². The summed E-state index contributed by atoms with van der Waals surface area (Å²) in [4.78, 5) is 15.8. The van der Waals surface area contributed by atoms with Crippen LogP contribution in [-0.4, -0.2) is 16.1 Å². The topological polar surface area (TPSA) is 0 Å². The molecule has 2 aliphatic heterocycles. The van der Waals surface area contributed by atoms with E-state index in [-0.39, 0.29) is 0 Å². The average molecular weight is 1090 g/mol. The van der Waals surface area contributed by atoms with Gasteiger partial charge in [0.05, 0.1) is 0 Å². The Morgan fingerprint density at radius 3 is 0.971 bits per heavy atom. The van der Waals surface area contributed by atoms with Crippen LogP contribution in [0, 0.1) is 39.5 Å². The van der Waals surface area contributed by atoms with Crippen LogP contribution < -0.4 is 29.7 Å². The van der Waals surface area contributed by atoms with E-state index in [1.807, 2.05) is 0 Å². The Morgan fingerprint density at radius 2 is 0.643 bits per heavy atom. The Kier molecular flexibility index (Phi) is 22.1. The lowest BCUT2D eigenvalue weighted by atomic mass is 9.96. The van der Waals surface area contributed by atoms with Crippen molar-refractivity contribution in [3.05, 3.63) is 77.8 Å². The van der Waals surface area contributed by atoms with Crippen LogP contribution in [0.2, 0.25) is 12.1 Å². The van der Waals surface area contributed by atoms with Crippen molar-refractivity contribution in [1.29, 1.82) is 0 Å². The molecule has 0 spiro atoms. The molecule has 8 heterocycles. The van der Waals surface area contributed by atoms with E-state index in [0.29, 0.717) is 0 Å². The lowest BCUT2D eigenvalue weighted by Crippen LogP contribution is -2.64. The molecule has 0 amide bonds. The molecule has 0 N–H and O–H groups in total. The molecule has 384 valence electrons. The molecule has 70 heavy (non-hydrogen) atoms. The normalized spacial score (nSPS) is 14.9. The first-order valence-electron chi connectivity index (χ1n) is 28.7. The molecule has 0 saturated carbocycles. The third-order valence-corrected chi connectivity index (χ3v) is 35.4. The number of hydrogen-bond acceptors (Lipinski definition) is 6. The van der Waals surface area contributed by atoms with Gasteiger partial charge >= 0.3 is 0 Å². The van der Waals surface area contributed by atoms with E-state index >= 15 is 0 Å². The molecular weight excluding hydrogens is 993 g/mol. The first-order valence-corrected chi connectivity index (χ1v) is 38.0. The van der Waals surface area contributed by atoms with Crippen LogP contribution in [0.3, 0.4) is 0 Å². The maximum atomic E-state index is 2.63. The number of hydrogen-bond donors (Lipinski definition) is 0. The molecule has 0 fully saturated rings. The minimum Gasteiger partial charge on any atom is -0.149 e. The molecule has 8 heteroatoms. The Balaban J connectivity index is 0.000000208. The average Bonchev–Trinajstić information content (AvgIpc) is 4.23.